The number of amides is 3. The molecule has 1 saturated heterocycles. The first kappa shape index (κ1) is 22.7. The first-order valence-corrected chi connectivity index (χ1v) is 11.3. The minimum atomic E-state index is -0.186. The van der Waals surface area contributed by atoms with Gasteiger partial charge in [0.25, 0.3) is 5.91 Å². The molecule has 0 spiro atoms. The van der Waals surface area contributed by atoms with Crippen molar-refractivity contribution in [3.05, 3.63) is 95.0 Å². The van der Waals surface area contributed by atoms with Crippen molar-refractivity contribution in [2.24, 2.45) is 0 Å². The van der Waals surface area contributed by atoms with Crippen molar-refractivity contribution in [1.29, 1.82) is 0 Å². The van der Waals surface area contributed by atoms with Gasteiger partial charge in [-0.3, -0.25) is 4.79 Å². The van der Waals surface area contributed by atoms with E-state index in [0.29, 0.717) is 49.1 Å². The molecule has 0 radical (unpaired) electrons. The van der Waals surface area contributed by atoms with Gasteiger partial charge >= 0.3 is 6.03 Å². The van der Waals surface area contributed by atoms with Crippen LogP contribution in [0.25, 0.3) is 0 Å². The second kappa shape index (κ2) is 10.9. The normalized spacial score (nSPS) is 13.8. The number of hydrogen-bond donors (Lipinski definition) is 1. The number of benzene rings is 3. The Morgan fingerprint density at radius 1 is 0.848 bits per heavy atom. The SMILES string of the molecule is O=C(Nc1cccc(Cl)c1)N1CCCN(C(=O)c2ccc(COc3ccccc3)cc2)CC1. The smallest absolute Gasteiger partial charge is 0.321 e. The lowest BCUT2D eigenvalue weighted by molar-refractivity contribution is 0.0762. The van der Waals surface area contributed by atoms with Crippen molar-refractivity contribution in [2.45, 2.75) is 13.0 Å². The Morgan fingerprint density at radius 3 is 2.33 bits per heavy atom. The van der Waals surface area contributed by atoms with E-state index in [4.69, 9.17) is 16.3 Å². The topological polar surface area (TPSA) is 61.9 Å². The molecule has 0 bridgehead atoms. The number of rotatable bonds is 5. The van der Waals surface area contributed by atoms with Crippen LogP contribution in [0.3, 0.4) is 0 Å². The van der Waals surface area contributed by atoms with Crippen molar-refractivity contribution in [1.82, 2.24) is 9.80 Å². The third-order valence-corrected chi connectivity index (χ3v) is 5.73. The van der Waals surface area contributed by atoms with Crippen molar-refractivity contribution in [3.8, 4) is 5.75 Å². The second-order valence-electron chi connectivity index (χ2n) is 7.87. The van der Waals surface area contributed by atoms with E-state index in [-0.39, 0.29) is 11.9 Å². The summed E-state index contributed by atoms with van der Waals surface area (Å²) in [7, 11) is 0. The van der Waals surface area contributed by atoms with E-state index >= 15 is 0 Å². The standard InChI is InChI=1S/C26H26ClN3O3/c27-22-6-4-7-23(18-22)28-26(32)30-15-5-14-29(16-17-30)25(31)21-12-10-20(11-13-21)19-33-24-8-2-1-3-9-24/h1-4,6-13,18H,5,14-17,19H2,(H,28,32). The Balaban J connectivity index is 1.30. The number of hydrogen-bond acceptors (Lipinski definition) is 3. The van der Waals surface area contributed by atoms with Crippen LogP contribution >= 0.6 is 11.6 Å². The zero-order chi connectivity index (χ0) is 23.0. The lowest BCUT2D eigenvalue weighted by atomic mass is 10.1. The number of carbonyl (C=O) groups is 2. The number of para-hydroxylation sites is 1. The molecule has 1 aliphatic heterocycles. The summed E-state index contributed by atoms with van der Waals surface area (Å²) >= 11 is 5.99. The summed E-state index contributed by atoms with van der Waals surface area (Å²) in [6.45, 7) is 2.60. The molecule has 6 nitrogen and oxygen atoms in total. The molecule has 1 fully saturated rings. The van der Waals surface area contributed by atoms with Crippen LogP contribution in [0.5, 0.6) is 5.75 Å². The predicted octanol–water partition coefficient (Wildman–Crippen LogP) is 5.30. The fourth-order valence-corrected chi connectivity index (χ4v) is 3.89. The number of nitrogens with one attached hydrogen (secondary N) is 1. The molecule has 0 atom stereocenters. The lowest BCUT2D eigenvalue weighted by Gasteiger charge is -2.22. The van der Waals surface area contributed by atoms with Crippen LogP contribution in [0.1, 0.15) is 22.3 Å². The third-order valence-electron chi connectivity index (χ3n) is 5.50. The Labute approximate surface area is 198 Å². The van der Waals surface area contributed by atoms with Crippen LogP contribution in [-0.2, 0) is 6.61 Å². The molecule has 3 amide bonds. The summed E-state index contributed by atoms with van der Waals surface area (Å²) in [4.78, 5) is 29.2. The lowest BCUT2D eigenvalue weighted by Crippen LogP contribution is -2.39. The van der Waals surface area contributed by atoms with Gasteiger partial charge in [0.1, 0.15) is 12.4 Å². The van der Waals surface area contributed by atoms with Crippen molar-refractivity contribution in [3.63, 3.8) is 0 Å². The van der Waals surface area contributed by atoms with Crippen molar-refractivity contribution < 1.29 is 14.3 Å². The van der Waals surface area contributed by atoms with Crippen LogP contribution in [0, 0.1) is 0 Å². The summed E-state index contributed by atoms with van der Waals surface area (Å²) < 4.78 is 5.76. The van der Waals surface area contributed by atoms with Gasteiger partial charge in [0.05, 0.1) is 0 Å². The average Bonchev–Trinajstić information content (AvgIpc) is 3.10. The number of carbonyl (C=O) groups excluding carboxylic acids is 2. The zero-order valence-corrected chi connectivity index (χ0v) is 19.0. The summed E-state index contributed by atoms with van der Waals surface area (Å²) in [5, 5.41) is 3.44. The molecular weight excluding hydrogens is 438 g/mol. The van der Waals surface area contributed by atoms with Gasteiger partial charge in [-0.1, -0.05) is 48.0 Å². The van der Waals surface area contributed by atoms with E-state index in [1.165, 1.54) is 0 Å². The number of nitrogens with zero attached hydrogens (tertiary/aromatic N) is 2. The van der Waals surface area contributed by atoms with Crippen molar-refractivity contribution >= 4 is 29.2 Å². The summed E-state index contributed by atoms with van der Waals surface area (Å²) in [6, 6.07) is 24.0. The summed E-state index contributed by atoms with van der Waals surface area (Å²) in [6.07, 6.45) is 0.720. The van der Waals surface area contributed by atoms with E-state index < -0.39 is 0 Å². The molecule has 1 N–H and O–H groups in total. The van der Waals surface area contributed by atoms with Crippen LogP contribution in [-0.4, -0.2) is 47.9 Å². The molecule has 0 aromatic heterocycles. The van der Waals surface area contributed by atoms with E-state index in [1.54, 1.807) is 29.2 Å². The Morgan fingerprint density at radius 2 is 1.58 bits per heavy atom. The van der Waals surface area contributed by atoms with Gasteiger partial charge < -0.3 is 19.9 Å². The summed E-state index contributed by atoms with van der Waals surface area (Å²) in [5.74, 6) is 0.786. The van der Waals surface area contributed by atoms with Crippen LogP contribution < -0.4 is 10.1 Å². The molecule has 4 rings (SSSR count). The minimum Gasteiger partial charge on any atom is -0.489 e. The van der Waals surface area contributed by atoms with Gasteiger partial charge in [0, 0.05) is 42.5 Å². The Bertz CT molecular complexity index is 1090. The van der Waals surface area contributed by atoms with E-state index in [2.05, 4.69) is 5.32 Å². The van der Waals surface area contributed by atoms with Gasteiger partial charge in [0.2, 0.25) is 0 Å². The van der Waals surface area contributed by atoms with E-state index in [9.17, 15) is 9.59 Å². The molecule has 3 aromatic carbocycles. The highest BCUT2D eigenvalue weighted by atomic mass is 35.5. The number of halogens is 1. The molecular formula is C26H26ClN3O3. The average molecular weight is 464 g/mol. The first-order valence-electron chi connectivity index (χ1n) is 11.0. The quantitative estimate of drug-likeness (QED) is 0.558. The maximum absolute atomic E-state index is 13.0. The van der Waals surface area contributed by atoms with Gasteiger partial charge in [-0.25, -0.2) is 4.79 Å². The number of urea groups is 1. The maximum Gasteiger partial charge on any atom is 0.321 e. The zero-order valence-electron chi connectivity index (χ0n) is 18.2. The Hall–Kier alpha value is -3.51. The number of anilines is 1. The fourth-order valence-electron chi connectivity index (χ4n) is 3.70. The fraction of sp³-hybridized carbons (Fsp3) is 0.231. The molecule has 0 saturated carbocycles. The van der Waals surface area contributed by atoms with E-state index in [0.717, 1.165) is 17.7 Å². The molecule has 1 aliphatic rings. The van der Waals surface area contributed by atoms with Crippen molar-refractivity contribution in [2.75, 3.05) is 31.5 Å². The third kappa shape index (κ3) is 6.26. The van der Waals surface area contributed by atoms with Gasteiger partial charge in [-0.2, -0.15) is 0 Å². The molecule has 3 aromatic rings. The maximum atomic E-state index is 13.0. The summed E-state index contributed by atoms with van der Waals surface area (Å²) in [5.41, 5.74) is 2.28. The van der Waals surface area contributed by atoms with E-state index in [1.807, 2.05) is 59.5 Å². The molecule has 1 heterocycles. The monoisotopic (exact) mass is 463 g/mol. The second-order valence-corrected chi connectivity index (χ2v) is 8.31. The highest BCUT2D eigenvalue weighted by Crippen LogP contribution is 2.17. The van der Waals surface area contributed by atoms with Gasteiger partial charge in [0.15, 0.2) is 0 Å². The Kier molecular flexibility index (Phi) is 7.47. The molecule has 0 unspecified atom stereocenters. The highest BCUT2D eigenvalue weighted by molar-refractivity contribution is 6.30. The largest absolute Gasteiger partial charge is 0.489 e. The van der Waals surface area contributed by atoms with Gasteiger partial charge in [-0.15, -0.1) is 0 Å². The van der Waals surface area contributed by atoms with Crippen LogP contribution in [0.4, 0.5) is 10.5 Å². The minimum absolute atomic E-state index is 0.0253. The number of ether oxygens (including phenoxy) is 1. The molecule has 33 heavy (non-hydrogen) atoms. The van der Waals surface area contributed by atoms with Gasteiger partial charge in [-0.05, 0) is 54.4 Å². The molecule has 7 heteroatoms. The van der Waals surface area contributed by atoms with Crippen LogP contribution in [0.15, 0.2) is 78.9 Å². The molecule has 170 valence electrons. The first-order chi connectivity index (χ1) is 16.1. The highest BCUT2D eigenvalue weighted by Gasteiger charge is 2.23. The van der Waals surface area contributed by atoms with Crippen LogP contribution in [0.2, 0.25) is 5.02 Å². The molecule has 0 aliphatic carbocycles. The predicted molar refractivity (Wildman–Crippen MR) is 130 cm³/mol.